The quantitative estimate of drug-likeness (QED) is 0.634. The Morgan fingerprint density at radius 1 is 0.958 bits per heavy atom. The SMILES string of the molecule is CC[C@@H](CNc1cc(C)cc(C)c1)Oc1ccccc1[C@H](C)CC. The van der Waals surface area contributed by atoms with Gasteiger partial charge in [-0.05, 0) is 67.5 Å². The number of ether oxygens (including phenoxy) is 1. The molecule has 0 spiro atoms. The summed E-state index contributed by atoms with van der Waals surface area (Å²) in [6.45, 7) is 11.7. The Morgan fingerprint density at radius 3 is 2.25 bits per heavy atom. The number of para-hydroxylation sites is 1. The lowest BCUT2D eigenvalue weighted by Gasteiger charge is -2.22. The minimum Gasteiger partial charge on any atom is -0.488 e. The van der Waals surface area contributed by atoms with Gasteiger partial charge in [0.15, 0.2) is 0 Å². The Labute approximate surface area is 147 Å². The highest BCUT2D eigenvalue weighted by atomic mass is 16.5. The summed E-state index contributed by atoms with van der Waals surface area (Å²) in [5.74, 6) is 1.55. The van der Waals surface area contributed by atoms with Crippen LogP contribution < -0.4 is 10.1 Å². The molecule has 2 atom stereocenters. The molecule has 2 aromatic carbocycles. The fourth-order valence-corrected chi connectivity index (χ4v) is 2.97. The van der Waals surface area contributed by atoms with E-state index in [1.807, 2.05) is 0 Å². The van der Waals surface area contributed by atoms with E-state index in [2.05, 4.69) is 82.4 Å². The molecular formula is C22H31NO. The normalized spacial score (nSPS) is 13.4. The second kappa shape index (κ2) is 8.77. The van der Waals surface area contributed by atoms with Crippen LogP contribution in [-0.2, 0) is 0 Å². The Morgan fingerprint density at radius 2 is 1.62 bits per heavy atom. The van der Waals surface area contributed by atoms with Crippen LogP contribution in [0.3, 0.4) is 0 Å². The van der Waals surface area contributed by atoms with E-state index in [0.29, 0.717) is 5.92 Å². The Hall–Kier alpha value is -1.96. The highest BCUT2D eigenvalue weighted by Crippen LogP contribution is 2.29. The first kappa shape index (κ1) is 18.4. The highest BCUT2D eigenvalue weighted by molar-refractivity contribution is 5.48. The van der Waals surface area contributed by atoms with Gasteiger partial charge in [0.05, 0.1) is 6.54 Å². The molecule has 0 unspecified atom stereocenters. The van der Waals surface area contributed by atoms with E-state index in [4.69, 9.17) is 4.74 Å². The van der Waals surface area contributed by atoms with Crippen LogP contribution in [0.25, 0.3) is 0 Å². The molecule has 2 nitrogen and oxygen atoms in total. The third kappa shape index (κ3) is 5.02. The molecule has 130 valence electrons. The van der Waals surface area contributed by atoms with Crippen molar-refractivity contribution in [2.45, 2.75) is 59.5 Å². The smallest absolute Gasteiger partial charge is 0.123 e. The van der Waals surface area contributed by atoms with Crippen LogP contribution in [0.4, 0.5) is 5.69 Å². The van der Waals surface area contributed by atoms with Crippen LogP contribution in [0.2, 0.25) is 0 Å². The van der Waals surface area contributed by atoms with Crippen LogP contribution in [0.15, 0.2) is 42.5 Å². The monoisotopic (exact) mass is 325 g/mol. The van der Waals surface area contributed by atoms with Gasteiger partial charge in [-0.1, -0.05) is 45.0 Å². The van der Waals surface area contributed by atoms with Crippen molar-refractivity contribution in [1.29, 1.82) is 0 Å². The van der Waals surface area contributed by atoms with Crippen molar-refractivity contribution in [2.75, 3.05) is 11.9 Å². The summed E-state index contributed by atoms with van der Waals surface area (Å²) >= 11 is 0. The van der Waals surface area contributed by atoms with Gasteiger partial charge >= 0.3 is 0 Å². The number of rotatable bonds is 8. The minimum absolute atomic E-state index is 0.163. The lowest BCUT2D eigenvalue weighted by molar-refractivity contribution is 0.207. The van der Waals surface area contributed by atoms with Gasteiger partial charge in [-0.25, -0.2) is 0 Å². The molecular weight excluding hydrogens is 294 g/mol. The number of hydrogen-bond acceptors (Lipinski definition) is 2. The maximum atomic E-state index is 6.34. The predicted molar refractivity (Wildman–Crippen MR) is 104 cm³/mol. The molecule has 0 fully saturated rings. The highest BCUT2D eigenvalue weighted by Gasteiger charge is 2.14. The third-order valence-electron chi connectivity index (χ3n) is 4.57. The summed E-state index contributed by atoms with van der Waals surface area (Å²) in [6, 6.07) is 15.0. The first-order valence-electron chi connectivity index (χ1n) is 9.11. The number of anilines is 1. The van der Waals surface area contributed by atoms with Crippen molar-refractivity contribution in [1.82, 2.24) is 0 Å². The van der Waals surface area contributed by atoms with Crippen molar-refractivity contribution in [3.63, 3.8) is 0 Å². The van der Waals surface area contributed by atoms with Crippen molar-refractivity contribution in [3.05, 3.63) is 59.2 Å². The molecule has 24 heavy (non-hydrogen) atoms. The van der Waals surface area contributed by atoms with Gasteiger partial charge < -0.3 is 10.1 Å². The van der Waals surface area contributed by atoms with Gasteiger partial charge in [0.2, 0.25) is 0 Å². The fraction of sp³-hybridized carbons (Fsp3) is 0.455. The second-order valence-electron chi connectivity index (χ2n) is 6.75. The number of benzene rings is 2. The lowest BCUT2D eigenvalue weighted by Crippen LogP contribution is -2.26. The molecule has 2 heteroatoms. The minimum atomic E-state index is 0.163. The topological polar surface area (TPSA) is 21.3 Å². The molecule has 0 saturated carbocycles. The van der Waals surface area contributed by atoms with Gasteiger partial charge in [-0.15, -0.1) is 0 Å². The van der Waals surface area contributed by atoms with Crippen LogP contribution >= 0.6 is 0 Å². The summed E-state index contributed by atoms with van der Waals surface area (Å²) in [5.41, 5.74) is 5.05. The van der Waals surface area contributed by atoms with Crippen molar-refractivity contribution < 1.29 is 4.74 Å². The zero-order valence-corrected chi connectivity index (χ0v) is 15.7. The third-order valence-corrected chi connectivity index (χ3v) is 4.57. The Balaban J connectivity index is 2.05. The van der Waals surface area contributed by atoms with Crippen molar-refractivity contribution >= 4 is 5.69 Å². The largest absolute Gasteiger partial charge is 0.488 e. The number of nitrogens with one attached hydrogen (secondary N) is 1. The maximum Gasteiger partial charge on any atom is 0.123 e. The zero-order chi connectivity index (χ0) is 17.5. The molecule has 2 aromatic rings. The van der Waals surface area contributed by atoms with E-state index in [0.717, 1.165) is 25.1 Å². The van der Waals surface area contributed by atoms with E-state index in [9.17, 15) is 0 Å². The van der Waals surface area contributed by atoms with Crippen LogP contribution in [-0.4, -0.2) is 12.6 Å². The Kier molecular flexibility index (Phi) is 6.72. The summed E-state index contributed by atoms with van der Waals surface area (Å²) in [4.78, 5) is 0. The molecule has 0 aliphatic heterocycles. The molecule has 0 saturated heterocycles. The van der Waals surface area contributed by atoms with Crippen LogP contribution in [0.5, 0.6) is 5.75 Å². The lowest BCUT2D eigenvalue weighted by atomic mass is 9.98. The molecule has 0 heterocycles. The molecule has 0 amide bonds. The fourth-order valence-electron chi connectivity index (χ4n) is 2.97. The van der Waals surface area contributed by atoms with E-state index in [1.165, 1.54) is 22.4 Å². The van der Waals surface area contributed by atoms with E-state index >= 15 is 0 Å². The first-order chi connectivity index (χ1) is 11.5. The predicted octanol–water partition coefficient (Wildman–Crippen LogP) is 6.09. The van der Waals surface area contributed by atoms with Crippen LogP contribution in [0.1, 0.15) is 56.2 Å². The number of hydrogen-bond donors (Lipinski definition) is 1. The van der Waals surface area contributed by atoms with Gasteiger partial charge in [0, 0.05) is 5.69 Å². The summed E-state index contributed by atoms with van der Waals surface area (Å²) in [6.07, 6.45) is 2.26. The average molecular weight is 325 g/mol. The van der Waals surface area contributed by atoms with Gasteiger partial charge in [-0.2, -0.15) is 0 Å². The molecule has 1 N–H and O–H groups in total. The molecule has 0 aromatic heterocycles. The van der Waals surface area contributed by atoms with E-state index < -0.39 is 0 Å². The second-order valence-corrected chi connectivity index (χ2v) is 6.75. The summed E-state index contributed by atoms with van der Waals surface area (Å²) < 4.78 is 6.34. The molecule has 2 rings (SSSR count). The molecule has 0 radical (unpaired) electrons. The average Bonchev–Trinajstić information content (AvgIpc) is 2.57. The van der Waals surface area contributed by atoms with Crippen LogP contribution in [0, 0.1) is 13.8 Å². The number of aryl methyl sites for hydroxylation is 2. The molecule has 0 aliphatic rings. The summed E-state index contributed by atoms with van der Waals surface area (Å²) in [7, 11) is 0. The first-order valence-corrected chi connectivity index (χ1v) is 9.11. The van der Waals surface area contributed by atoms with Crippen molar-refractivity contribution in [2.24, 2.45) is 0 Å². The standard InChI is InChI=1S/C22H31NO/c1-6-18(5)21-10-8-9-11-22(21)24-20(7-2)15-23-19-13-16(3)12-17(4)14-19/h8-14,18,20,23H,6-7,15H2,1-5H3/t18-,20+/m1/s1. The maximum absolute atomic E-state index is 6.34. The Bertz CT molecular complexity index is 630. The summed E-state index contributed by atoms with van der Waals surface area (Å²) in [5, 5.41) is 3.54. The van der Waals surface area contributed by atoms with Gasteiger partial charge in [0.1, 0.15) is 11.9 Å². The van der Waals surface area contributed by atoms with Crippen molar-refractivity contribution in [3.8, 4) is 5.75 Å². The zero-order valence-electron chi connectivity index (χ0n) is 15.7. The van der Waals surface area contributed by atoms with E-state index in [1.54, 1.807) is 0 Å². The van der Waals surface area contributed by atoms with Gasteiger partial charge in [0.25, 0.3) is 0 Å². The molecule has 0 bridgehead atoms. The van der Waals surface area contributed by atoms with E-state index in [-0.39, 0.29) is 6.10 Å². The molecule has 0 aliphatic carbocycles. The van der Waals surface area contributed by atoms with Gasteiger partial charge in [-0.3, -0.25) is 0 Å².